The van der Waals surface area contributed by atoms with Crippen LogP contribution in [0.4, 0.5) is 16.2 Å². The van der Waals surface area contributed by atoms with Crippen LogP contribution in [0.15, 0.2) is 48.5 Å². The fourth-order valence-electron chi connectivity index (χ4n) is 4.78. The third-order valence-corrected chi connectivity index (χ3v) is 9.93. The van der Waals surface area contributed by atoms with Crippen LogP contribution in [0.25, 0.3) is 0 Å². The number of nitro groups is 2. The molecule has 242 valence electrons. The molecule has 3 N–H and O–H groups in total. The minimum absolute atomic E-state index is 0.0193. The number of benzene rings is 3. The van der Waals surface area contributed by atoms with Gasteiger partial charge in [-0.3, -0.25) is 20.2 Å². The molecule has 0 saturated carbocycles. The lowest BCUT2D eigenvalue weighted by molar-refractivity contribution is -0.385. The number of nitrogens with one attached hydrogen (secondary N) is 1. The molecule has 0 aliphatic rings. The molecule has 0 heterocycles. The molecule has 45 heavy (non-hydrogen) atoms. The van der Waals surface area contributed by atoms with Crippen molar-refractivity contribution in [2.75, 3.05) is 26.9 Å². The Kier molecular flexibility index (Phi) is 12.4. The molecule has 0 aromatic heterocycles. The summed E-state index contributed by atoms with van der Waals surface area (Å²) in [7, 11) is -1.36. The summed E-state index contributed by atoms with van der Waals surface area (Å²) in [5.74, 6) is -0.372. The van der Waals surface area contributed by atoms with Gasteiger partial charge in [0, 0.05) is 86.7 Å². The standard InChI is InChI=1S/C30H37N3O11Si/c1-5-42-45(41-4,43-6-2)13-7-12-31-30(36)44-28-11-9-25(32(37)38)17-22(28)16-24-19-26(33(39)40)18-23(29(24)35)15-21-14-20(3)8-10-27(21)34/h8-11,14,17-19,34-35H,5-7,12-13,15-16H2,1-4H3,(H,31,36). The molecule has 0 bridgehead atoms. The fourth-order valence-corrected chi connectivity index (χ4v) is 7.08. The molecule has 0 atom stereocenters. The largest absolute Gasteiger partial charge is 0.508 e. The van der Waals surface area contributed by atoms with Crippen molar-refractivity contribution in [3.63, 3.8) is 0 Å². The molecule has 15 heteroatoms. The van der Waals surface area contributed by atoms with E-state index in [0.29, 0.717) is 31.2 Å². The van der Waals surface area contributed by atoms with Crippen molar-refractivity contribution in [2.24, 2.45) is 0 Å². The molecule has 0 aliphatic heterocycles. The number of phenols is 2. The Labute approximate surface area is 261 Å². The van der Waals surface area contributed by atoms with Gasteiger partial charge in [0.2, 0.25) is 0 Å². The number of aryl methyl sites for hydroxylation is 1. The fraction of sp³-hybridized carbons (Fsp3) is 0.367. The first-order valence-electron chi connectivity index (χ1n) is 14.3. The van der Waals surface area contributed by atoms with E-state index in [1.165, 1.54) is 31.4 Å². The minimum atomic E-state index is -2.88. The van der Waals surface area contributed by atoms with Crippen molar-refractivity contribution in [3.05, 3.63) is 96.6 Å². The number of carbonyl (C=O) groups is 1. The molecule has 0 aliphatic carbocycles. The summed E-state index contributed by atoms with van der Waals surface area (Å²) >= 11 is 0. The van der Waals surface area contributed by atoms with Crippen LogP contribution in [-0.2, 0) is 26.1 Å². The van der Waals surface area contributed by atoms with Crippen LogP contribution in [0.2, 0.25) is 6.04 Å². The van der Waals surface area contributed by atoms with E-state index in [1.54, 1.807) is 12.1 Å². The van der Waals surface area contributed by atoms with Gasteiger partial charge in [0.25, 0.3) is 11.4 Å². The first-order valence-corrected chi connectivity index (χ1v) is 16.2. The van der Waals surface area contributed by atoms with Gasteiger partial charge >= 0.3 is 14.9 Å². The Morgan fingerprint density at radius 1 is 0.867 bits per heavy atom. The van der Waals surface area contributed by atoms with Crippen molar-refractivity contribution in [3.8, 4) is 17.2 Å². The third-order valence-electron chi connectivity index (χ3n) is 6.89. The summed E-state index contributed by atoms with van der Waals surface area (Å²) < 4.78 is 22.5. The Hall–Kier alpha value is -4.57. The third kappa shape index (κ3) is 9.46. The summed E-state index contributed by atoms with van der Waals surface area (Å²) in [5.41, 5.74) is 1.03. The second-order valence-corrected chi connectivity index (χ2v) is 12.9. The van der Waals surface area contributed by atoms with E-state index in [0.717, 1.165) is 17.7 Å². The highest BCUT2D eigenvalue weighted by molar-refractivity contribution is 6.60. The van der Waals surface area contributed by atoms with Gasteiger partial charge < -0.3 is 33.5 Å². The summed E-state index contributed by atoms with van der Waals surface area (Å²) in [5, 5.41) is 47.4. The van der Waals surface area contributed by atoms with E-state index in [4.69, 9.17) is 18.0 Å². The first kappa shape index (κ1) is 34.9. The number of phenolic OH excluding ortho intramolecular Hbond substituents is 2. The van der Waals surface area contributed by atoms with Gasteiger partial charge in [-0.25, -0.2) is 4.79 Å². The number of carbonyl (C=O) groups excluding carboxylic acids is 1. The van der Waals surface area contributed by atoms with Gasteiger partial charge in [-0.2, -0.15) is 0 Å². The molecule has 3 aromatic carbocycles. The lowest BCUT2D eigenvalue weighted by atomic mass is 9.95. The number of nitrogens with zero attached hydrogens (tertiary/aromatic N) is 2. The number of amides is 1. The zero-order chi connectivity index (χ0) is 33.1. The van der Waals surface area contributed by atoms with Gasteiger partial charge in [-0.15, -0.1) is 0 Å². The highest BCUT2D eigenvalue weighted by Crippen LogP contribution is 2.36. The van der Waals surface area contributed by atoms with Gasteiger partial charge in [0.1, 0.15) is 17.2 Å². The van der Waals surface area contributed by atoms with E-state index in [2.05, 4.69) is 5.32 Å². The molecular weight excluding hydrogens is 606 g/mol. The van der Waals surface area contributed by atoms with Crippen molar-refractivity contribution in [1.82, 2.24) is 5.32 Å². The average molecular weight is 644 g/mol. The van der Waals surface area contributed by atoms with E-state index < -0.39 is 24.7 Å². The molecule has 3 aromatic rings. The lowest BCUT2D eigenvalue weighted by Crippen LogP contribution is -2.45. The van der Waals surface area contributed by atoms with Crippen LogP contribution in [-0.4, -0.2) is 61.8 Å². The van der Waals surface area contributed by atoms with Crippen LogP contribution in [0, 0.1) is 27.2 Å². The molecule has 3 rings (SSSR count). The second kappa shape index (κ2) is 15.9. The lowest BCUT2D eigenvalue weighted by Gasteiger charge is -2.27. The number of nitro benzene ring substituents is 2. The van der Waals surface area contributed by atoms with Crippen LogP contribution in [0.3, 0.4) is 0 Å². The number of aromatic hydroxyl groups is 2. The van der Waals surface area contributed by atoms with Crippen LogP contribution >= 0.6 is 0 Å². The monoisotopic (exact) mass is 643 g/mol. The highest BCUT2D eigenvalue weighted by atomic mass is 28.4. The molecule has 0 radical (unpaired) electrons. The maximum atomic E-state index is 12.7. The number of ether oxygens (including phenoxy) is 1. The maximum Gasteiger partial charge on any atom is 0.500 e. The molecule has 0 fully saturated rings. The summed E-state index contributed by atoms with van der Waals surface area (Å²) in [6.07, 6.45) is -0.631. The molecule has 0 spiro atoms. The van der Waals surface area contributed by atoms with Gasteiger partial charge in [-0.05, 0) is 44.9 Å². The van der Waals surface area contributed by atoms with E-state index in [9.17, 15) is 35.2 Å². The minimum Gasteiger partial charge on any atom is -0.508 e. The number of hydrogen-bond acceptors (Lipinski definition) is 11. The average Bonchev–Trinajstić information content (AvgIpc) is 2.99. The van der Waals surface area contributed by atoms with E-state index in [1.807, 2.05) is 20.8 Å². The zero-order valence-corrected chi connectivity index (χ0v) is 26.5. The zero-order valence-electron chi connectivity index (χ0n) is 25.5. The Morgan fingerprint density at radius 3 is 2.04 bits per heavy atom. The molecule has 0 saturated heterocycles. The smallest absolute Gasteiger partial charge is 0.500 e. The Morgan fingerprint density at radius 2 is 1.47 bits per heavy atom. The molecule has 14 nitrogen and oxygen atoms in total. The van der Waals surface area contributed by atoms with Crippen molar-refractivity contribution in [1.29, 1.82) is 0 Å². The van der Waals surface area contributed by atoms with Gasteiger partial charge in [-0.1, -0.05) is 17.7 Å². The van der Waals surface area contributed by atoms with Crippen molar-refractivity contribution in [2.45, 2.75) is 46.1 Å². The summed E-state index contributed by atoms with van der Waals surface area (Å²) in [4.78, 5) is 34.7. The summed E-state index contributed by atoms with van der Waals surface area (Å²) in [6.45, 7) is 6.50. The quantitative estimate of drug-likeness (QED) is 0.0768. The highest BCUT2D eigenvalue weighted by Gasteiger charge is 2.38. The van der Waals surface area contributed by atoms with Crippen molar-refractivity contribution >= 4 is 26.3 Å². The molecular formula is C30H37N3O11Si. The number of rotatable bonds is 16. The van der Waals surface area contributed by atoms with Gasteiger partial charge in [0.15, 0.2) is 0 Å². The van der Waals surface area contributed by atoms with Crippen molar-refractivity contribution < 1.29 is 42.9 Å². The second-order valence-electron chi connectivity index (χ2n) is 10.1. The SMILES string of the molecule is CCO[Si](CCCNC(=O)Oc1ccc([N+](=O)[O-])cc1Cc1cc([N+](=O)[O-])cc(Cc2cc(C)ccc2O)c1O)(OC)OCC. The maximum absolute atomic E-state index is 12.7. The van der Waals surface area contributed by atoms with E-state index in [-0.39, 0.29) is 64.7 Å². The topological polar surface area (TPSA) is 193 Å². The normalized spacial score (nSPS) is 11.3. The number of non-ortho nitro benzene ring substituents is 2. The summed E-state index contributed by atoms with van der Waals surface area (Å²) in [6, 6.07) is 11.3. The Bertz CT molecular complexity index is 1530. The predicted molar refractivity (Wildman–Crippen MR) is 166 cm³/mol. The van der Waals surface area contributed by atoms with Gasteiger partial charge in [0.05, 0.1) is 9.85 Å². The van der Waals surface area contributed by atoms with Crippen LogP contribution in [0.5, 0.6) is 17.2 Å². The molecule has 1 amide bonds. The Balaban J connectivity index is 1.85. The molecule has 0 unspecified atom stereocenters. The predicted octanol–water partition coefficient (Wildman–Crippen LogP) is 5.54. The van der Waals surface area contributed by atoms with E-state index >= 15 is 0 Å². The van der Waals surface area contributed by atoms with Crippen LogP contribution in [0.1, 0.15) is 48.1 Å². The first-order chi connectivity index (χ1) is 21.4. The number of hydrogen-bond donors (Lipinski definition) is 3. The van der Waals surface area contributed by atoms with Crippen LogP contribution < -0.4 is 10.1 Å².